The SMILES string of the molecule is CC(=O)N1CCc2ccc(NC(=O)c3cnc4ccccc4n3)cc21. The van der Waals surface area contributed by atoms with Crippen LogP contribution in [0.5, 0.6) is 0 Å². The molecule has 0 fully saturated rings. The van der Waals surface area contributed by atoms with Gasteiger partial charge in [0.15, 0.2) is 0 Å². The Labute approximate surface area is 144 Å². The van der Waals surface area contributed by atoms with E-state index in [-0.39, 0.29) is 17.5 Å². The molecule has 0 bridgehead atoms. The van der Waals surface area contributed by atoms with Gasteiger partial charge in [-0.05, 0) is 36.2 Å². The van der Waals surface area contributed by atoms with Crippen LogP contribution in [0.4, 0.5) is 11.4 Å². The number of hydrogen-bond donors (Lipinski definition) is 1. The van der Waals surface area contributed by atoms with E-state index in [1.165, 1.54) is 6.20 Å². The van der Waals surface area contributed by atoms with Crippen LogP contribution < -0.4 is 10.2 Å². The lowest BCUT2D eigenvalue weighted by Crippen LogP contribution is -2.25. The zero-order valence-electron chi connectivity index (χ0n) is 13.7. The Morgan fingerprint density at radius 3 is 2.72 bits per heavy atom. The molecule has 2 aromatic carbocycles. The predicted octanol–water partition coefficient (Wildman–Crippen LogP) is 2.79. The molecule has 0 saturated carbocycles. The number of benzene rings is 2. The van der Waals surface area contributed by atoms with Gasteiger partial charge in [-0.2, -0.15) is 0 Å². The highest BCUT2D eigenvalue weighted by Gasteiger charge is 2.22. The molecule has 4 rings (SSSR count). The molecule has 0 spiro atoms. The zero-order valence-corrected chi connectivity index (χ0v) is 13.7. The van der Waals surface area contributed by atoms with E-state index < -0.39 is 0 Å². The third-order valence-corrected chi connectivity index (χ3v) is 4.30. The quantitative estimate of drug-likeness (QED) is 0.783. The molecule has 1 aliphatic rings. The molecule has 25 heavy (non-hydrogen) atoms. The Hall–Kier alpha value is -3.28. The van der Waals surface area contributed by atoms with Gasteiger partial charge in [0, 0.05) is 24.8 Å². The fraction of sp³-hybridized carbons (Fsp3) is 0.158. The van der Waals surface area contributed by atoms with Crippen molar-refractivity contribution in [1.29, 1.82) is 0 Å². The van der Waals surface area contributed by atoms with E-state index in [9.17, 15) is 9.59 Å². The Kier molecular flexibility index (Phi) is 3.65. The van der Waals surface area contributed by atoms with E-state index in [0.717, 1.165) is 23.2 Å². The van der Waals surface area contributed by atoms with Crippen molar-refractivity contribution in [2.24, 2.45) is 0 Å². The van der Waals surface area contributed by atoms with Crippen LogP contribution in [0.2, 0.25) is 0 Å². The van der Waals surface area contributed by atoms with Crippen molar-refractivity contribution in [3.8, 4) is 0 Å². The van der Waals surface area contributed by atoms with Crippen molar-refractivity contribution in [3.63, 3.8) is 0 Å². The molecule has 2 heterocycles. The number of aromatic nitrogens is 2. The van der Waals surface area contributed by atoms with Crippen molar-refractivity contribution in [2.45, 2.75) is 13.3 Å². The normalized spacial score (nSPS) is 12.9. The summed E-state index contributed by atoms with van der Waals surface area (Å²) < 4.78 is 0. The minimum Gasteiger partial charge on any atom is -0.321 e. The van der Waals surface area contributed by atoms with Gasteiger partial charge in [0.2, 0.25) is 5.91 Å². The van der Waals surface area contributed by atoms with Gasteiger partial charge in [-0.15, -0.1) is 0 Å². The number of anilines is 2. The number of rotatable bonds is 2. The third kappa shape index (κ3) is 2.82. The first-order chi connectivity index (χ1) is 12.1. The molecule has 0 atom stereocenters. The van der Waals surface area contributed by atoms with Gasteiger partial charge < -0.3 is 10.2 Å². The summed E-state index contributed by atoms with van der Waals surface area (Å²) in [5.41, 5.74) is 4.27. The molecule has 1 N–H and O–H groups in total. The first-order valence-electron chi connectivity index (χ1n) is 8.06. The lowest BCUT2D eigenvalue weighted by atomic mass is 10.1. The van der Waals surface area contributed by atoms with E-state index in [2.05, 4.69) is 15.3 Å². The predicted molar refractivity (Wildman–Crippen MR) is 95.7 cm³/mol. The number of hydrogen-bond acceptors (Lipinski definition) is 4. The average molecular weight is 332 g/mol. The smallest absolute Gasteiger partial charge is 0.275 e. The Morgan fingerprint density at radius 1 is 1.12 bits per heavy atom. The lowest BCUT2D eigenvalue weighted by Gasteiger charge is -2.15. The van der Waals surface area contributed by atoms with E-state index in [1.807, 2.05) is 42.5 Å². The number of para-hydroxylation sites is 2. The molecule has 6 heteroatoms. The van der Waals surface area contributed by atoms with Crippen molar-refractivity contribution < 1.29 is 9.59 Å². The maximum absolute atomic E-state index is 12.5. The summed E-state index contributed by atoms with van der Waals surface area (Å²) in [6.07, 6.45) is 2.30. The van der Waals surface area contributed by atoms with Crippen LogP contribution in [0.3, 0.4) is 0 Å². The molecule has 0 aliphatic carbocycles. The summed E-state index contributed by atoms with van der Waals surface area (Å²) in [6, 6.07) is 13.0. The first kappa shape index (κ1) is 15.3. The monoisotopic (exact) mass is 332 g/mol. The van der Waals surface area contributed by atoms with Gasteiger partial charge >= 0.3 is 0 Å². The van der Waals surface area contributed by atoms with Gasteiger partial charge in [0.25, 0.3) is 5.91 Å². The minimum absolute atomic E-state index is 0.00243. The molecule has 6 nitrogen and oxygen atoms in total. The first-order valence-corrected chi connectivity index (χ1v) is 8.06. The summed E-state index contributed by atoms with van der Waals surface area (Å²) in [7, 11) is 0. The lowest BCUT2D eigenvalue weighted by molar-refractivity contribution is -0.116. The number of fused-ring (bicyclic) bond motifs is 2. The van der Waals surface area contributed by atoms with Crippen LogP contribution in [-0.2, 0) is 11.2 Å². The number of carbonyl (C=O) groups excluding carboxylic acids is 2. The number of amides is 2. The Morgan fingerprint density at radius 2 is 1.92 bits per heavy atom. The summed E-state index contributed by atoms with van der Waals surface area (Å²) in [5.74, 6) is -0.326. The highest BCUT2D eigenvalue weighted by atomic mass is 16.2. The summed E-state index contributed by atoms with van der Waals surface area (Å²) >= 11 is 0. The maximum atomic E-state index is 12.5. The summed E-state index contributed by atoms with van der Waals surface area (Å²) in [5, 5.41) is 2.83. The maximum Gasteiger partial charge on any atom is 0.275 e. The van der Waals surface area contributed by atoms with Crippen LogP contribution in [0.15, 0.2) is 48.7 Å². The van der Waals surface area contributed by atoms with Crippen LogP contribution in [0.1, 0.15) is 23.0 Å². The topological polar surface area (TPSA) is 75.2 Å². The molecule has 1 aromatic heterocycles. The van der Waals surface area contributed by atoms with Crippen LogP contribution >= 0.6 is 0 Å². The number of carbonyl (C=O) groups is 2. The molecule has 2 amide bonds. The van der Waals surface area contributed by atoms with Crippen molar-refractivity contribution >= 4 is 34.2 Å². The molecule has 0 radical (unpaired) electrons. The van der Waals surface area contributed by atoms with Crippen molar-refractivity contribution in [3.05, 3.63) is 59.9 Å². The summed E-state index contributed by atoms with van der Waals surface area (Å²) in [6.45, 7) is 2.23. The second-order valence-corrected chi connectivity index (χ2v) is 5.96. The van der Waals surface area contributed by atoms with E-state index in [1.54, 1.807) is 11.8 Å². The Balaban J connectivity index is 1.60. The van der Waals surface area contributed by atoms with Gasteiger partial charge in [0.05, 0.1) is 17.2 Å². The second kappa shape index (κ2) is 5.98. The minimum atomic E-state index is -0.328. The van der Waals surface area contributed by atoms with Gasteiger partial charge in [-0.3, -0.25) is 14.6 Å². The van der Waals surface area contributed by atoms with E-state index in [0.29, 0.717) is 17.7 Å². The zero-order chi connectivity index (χ0) is 17.4. The van der Waals surface area contributed by atoms with E-state index >= 15 is 0 Å². The van der Waals surface area contributed by atoms with Crippen LogP contribution in [0.25, 0.3) is 11.0 Å². The fourth-order valence-electron chi connectivity index (χ4n) is 3.05. The van der Waals surface area contributed by atoms with Gasteiger partial charge in [-0.25, -0.2) is 4.98 Å². The highest BCUT2D eigenvalue weighted by molar-refractivity contribution is 6.04. The molecule has 0 saturated heterocycles. The highest BCUT2D eigenvalue weighted by Crippen LogP contribution is 2.31. The van der Waals surface area contributed by atoms with E-state index in [4.69, 9.17) is 0 Å². The standard InChI is InChI=1S/C19H16N4O2/c1-12(24)23-9-8-13-6-7-14(10-18(13)23)21-19(25)17-11-20-15-4-2-3-5-16(15)22-17/h2-7,10-11H,8-9H2,1H3,(H,21,25). The fourth-order valence-corrected chi connectivity index (χ4v) is 3.05. The third-order valence-electron chi connectivity index (χ3n) is 4.30. The molecular weight excluding hydrogens is 316 g/mol. The Bertz CT molecular complexity index is 1000. The largest absolute Gasteiger partial charge is 0.321 e. The van der Waals surface area contributed by atoms with Crippen LogP contribution in [-0.4, -0.2) is 28.3 Å². The molecule has 0 unspecified atom stereocenters. The number of nitrogens with zero attached hydrogens (tertiary/aromatic N) is 3. The molecule has 1 aliphatic heterocycles. The second-order valence-electron chi connectivity index (χ2n) is 5.96. The van der Waals surface area contributed by atoms with Crippen molar-refractivity contribution in [2.75, 3.05) is 16.8 Å². The number of nitrogens with one attached hydrogen (secondary N) is 1. The van der Waals surface area contributed by atoms with Crippen molar-refractivity contribution in [1.82, 2.24) is 9.97 Å². The summed E-state index contributed by atoms with van der Waals surface area (Å²) in [4.78, 5) is 34.5. The molecular formula is C19H16N4O2. The van der Waals surface area contributed by atoms with Gasteiger partial charge in [-0.1, -0.05) is 18.2 Å². The molecule has 3 aromatic rings. The van der Waals surface area contributed by atoms with Crippen LogP contribution in [0, 0.1) is 0 Å². The average Bonchev–Trinajstić information content (AvgIpc) is 3.04. The van der Waals surface area contributed by atoms with Gasteiger partial charge in [0.1, 0.15) is 5.69 Å². The molecule has 124 valence electrons.